The zero-order valence-electron chi connectivity index (χ0n) is 20.8. The Kier molecular flexibility index (Phi) is 8.25. The maximum absolute atomic E-state index is 12.9. The molecule has 0 bridgehead atoms. The lowest BCUT2D eigenvalue weighted by atomic mass is 10.1. The van der Waals surface area contributed by atoms with Crippen molar-refractivity contribution in [1.82, 2.24) is 10.2 Å². The number of nitrogens with one attached hydrogen (secondary N) is 3. The summed E-state index contributed by atoms with van der Waals surface area (Å²) in [6.07, 6.45) is 0. The van der Waals surface area contributed by atoms with Crippen molar-refractivity contribution >= 4 is 61.8 Å². The van der Waals surface area contributed by atoms with Gasteiger partial charge in [-0.25, -0.2) is 8.42 Å². The molecule has 0 spiro atoms. The van der Waals surface area contributed by atoms with Gasteiger partial charge in [-0.15, -0.1) is 10.2 Å². The van der Waals surface area contributed by atoms with E-state index < -0.39 is 42.8 Å². The van der Waals surface area contributed by atoms with E-state index in [-0.39, 0.29) is 38.6 Å². The normalized spacial score (nSPS) is 10.9. The van der Waals surface area contributed by atoms with E-state index in [1.165, 1.54) is 55.6 Å². The van der Waals surface area contributed by atoms with Crippen molar-refractivity contribution in [3.8, 4) is 5.88 Å². The van der Waals surface area contributed by atoms with Crippen LogP contribution in [0, 0.1) is 20.2 Å². The summed E-state index contributed by atoms with van der Waals surface area (Å²) >= 11 is 6.08. The monoisotopic (exact) mass is 599 g/mol. The average Bonchev–Trinajstić information content (AvgIpc) is 2.94. The Morgan fingerprint density at radius 2 is 1.56 bits per heavy atom. The van der Waals surface area contributed by atoms with Gasteiger partial charge >= 0.3 is 11.4 Å². The van der Waals surface area contributed by atoms with E-state index in [9.17, 15) is 33.4 Å². The van der Waals surface area contributed by atoms with E-state index in [2.05, 4.69) is 25.6 Å². The minimum Gasteiger partial charge on any atom is -0.480 e. The molecule has 17 heteroatoms. The molecule has 1 amide bonds. The number of benzene rings is 3. The molecule has 0 atom stereocenters. The molecule has 3 aromatic carbocycles. The smallest absolute Gasteiger partial charge is 0.300 e. The zero-order valence-corrected chi connectivity index (χ0v) is 22.3. The summed E-state index contributed by atoms with van der Waals surface area (Å²) in [6.45, 7) is 0. The van der Waals surface area contributed by atoms with E-state index in [1.807, 2.05) is 0 Å². The molecule has 0 aliphatic heterocycles. The third-order valence-corrected chi connectivity index (χ3v) is 7.10. The van der Waals surface area contributed by atoms with Gasteiger partial charge in [-0.3, -0.25) is 29.7 Å². The van der Waals surface area contributed by atoms with Gasteiger partial charge in [0.15, 0.2) is 11.5 Å². The van der Waals surface area contributed by atoms with Gasteiger partial charge in [0.25, 0.3) is 15.9 Å². The van der Waals surface area contributed by atoms with Crippen molar-refractivity contribution < 1.29 is 27.8 Å². The van der Waals surface area contributed by atoms with Crippen LogP contribution in [0.25, 0.3) is 0 Å². The molecule has 4 rings (SSSR count). The van der Waals surface area contributed by atoms with Gasteiger partial charge in [0.1, 0.15) is 0 Å². The van der Waals surface area contributed by atoms with Crippen LogP contribution in [0.2, 0.25) is 5.02 Å². The van der Waals surface area contributed by atoms with Crippen LogP contribution in [0.3, 0.4) is 0 Å². The number of hydrogen-bond donors (Lipinski definition) is 3. The van der Waals surface area contributed by atoms with Gasteiger partial charge in [0, 0.05) is 23.9 Å². The van der Waals surface area contributed by atoms with Gasteiger partial charge in [0.05, 0.1) is 38.1 Å². The molecule has 0 fully saturated rings. The molecule has 1 aromatic heterocycles. The second-order valence-electron chi connectivity index (χ2n) is 8.05. The maximum atomic E-state index is 12.9. The van der Waals surface area contributed by atoms with Gasteiger partial charge < -0.3 is 15.4 Å². The van der Waals surface area contributed by atoms with Crippen LogP contribution in [-0.4, -0.2) is 41.5 Å². The number of rotatable bonds is 10. The number of methoxy groups -OCH3 is 1. The summed E-state index contributed by atoms with van der Waals surface area (Å²) in [7, 11) is -2.69. The molecule has 15 nitrogen and oxygen atoms in total. The average molecular weight is 600 g/mol. The van der Waals surface area contributed by atoms with E-state index in [0.29, 0.717) is 0 Å². The number of hydrogen-bond acceptors (Lipinski definition) is 11. The van der Waals surface area contributed by atoms with E-state index >= 15 is 0 Å². The molecule has 0 aliphatic carbocycles. The molecule has 210 valence electrons. The largest absolute Gasteiger partial charge is 0.480 e. The Balaban J connectivity index is 1.57. The lowest BCUT2D eigenvalue weighted by Crippen LogP contribution is -2.15. The van der Waals surface area contributed by atoms with Crippen molar-refractivity contribution in [2.75, 3.05) is 22.5 Å². The summed E-state index contributed by atoms with van der Waals surface area (Å²) in [6, 6.07) is 15.6. The molecular weight excluding hydrogens is 582 g/mol. The summed E-state index contributed by atoms with van der Waals surface area (Å²) in [5, 5.41) is 36.2. The molecule has 0 radical (unpaired) electrons. The summed E-state index contributed by atoms with van der Waals surface area (Å²) in [4.78, 5) is 34.6. The fraction of sp³-hybridized carbons (Fsp3) is 0.0417. The number of para-hydroxylation sites is 1. The highest BCUT2D eigenvalue weighted by molar-refractivity contribution is 7.92. The minimum atomic E-state index is -4.07. The Labute approximate surface area is 236 Å². The third-order valence-electron chi connectivity index (χ3n) is 5.40. The molecule has 1 heterocycles. The number of ether oxygens (including phenoxy) is 1. The Morgan fingerprint density at radius 3 is 2.10 bits per heavy atom. The van der Waals surface area contributed by atoms with Crippen molar-refractivity contribution in [3.05, 3.63) is 104 Å². The highest BCUT2D eigenvalue weighted by atomic mass is 35.5. The second-order valence-corrected chi connectivity index (χ2v) is 10.1. The Hall–Kier alpha value is -5.35. The molecule has 0 unspecified atom stereocenters. The Morgan fingerprint density at radius 1 is 0.927 bits per heavy atom. The van der Waals surface area contributed by atoms with Gasteiger partial charge in [-0.1, -0.05) is 23.7 Å². The zero-order chi connectivity index (χ0) is 29.7. The molecular formula is C24H18ClN7O8S. The first-order chi connectivity index (χ1) is 19.5. The Bertz CT molecular complexity index is 1720. The first-order valence-corrected chi connectivity index (χ1v) is 13.1. The SMILES string of the molecule is COc1ccc(NS(=O)(=O)c2ccc(NC(=O)c3cc([N+](=O)[O-])c(Nc4ccccc4Cl)c([N+](=O)[O-])c3)cc2)nn1. The highest BCUT2D eigenvalue weighted by Gasteiger charge is 2.29. The fourth-order valence-corrected chi connectivity index (χ4v) is 4.64. The lowest BCUT2D eigenvalue weighted by molar-refractivity contribution is -0.392. The number of halogens is 1. The predicted molar refractivity (Wildman–Crippen MR) is 148 cm³/mol. The predicted octanol–water partition coefficient (Wildman–Crippen LogP) is 4.75. The fourth-order valence-electron chi connectivity index (χ4n) is 3.46. The van der Waals surface area contributed by atoms with Gasteiger partial charge in [0.2, 0.25) is 5.88 Å². The van der Waals surface area contributed by atoms with Gasteiger partial charge in [-0.2, -0.15) is 0 Å². The number of amides is 1. The number of aromatic nitrogens is 2. The van der Waals surface area contributed by atoms with E-state index in [0.717, 1.165) is 12.1 Å². The van der Waals surface area contributed by atoms with Crippen molar-refractivity contribution in [3.63, 3.8) is 0 Å². The quantitative estimate of drug-likeness (QED) is 0.167. The van der Waals surface area contributed by atoms with Crippen LogP contribution >= 0.6 is 11.6 Å². The second kappa shape index (κ2) is 11.8. The van der Waals surface area contributed by atoms with E-state index in [1.54, 1.807) is 12.1 Å². The van der Waals surface area contributed by atoms with E-state index in [4.69, 9.17) is 16.3 Å². The van der Waals surface area contributed by atoms with Crippen LogP contribution in [-0.2, 0) is 10.0 Å². The molecule has 4 aromatic rings. The number of anilines is 4. The molecule has 0 saturated carbocycles. The van der Waals surface area contributed by atoms with Crippen molar-refractivity contribution in [2.45, 2.75) is 4.90 Å². The standard InChI is InChI=1S/C24H18ClN7O8S/c1-40-22-11-10-21(28-29-22)30-41(38,39)16-8-6-15(7-9-16)26-24(33)14-12-19(31(34)35)23(20(13-14)32(36)37)27-18-5-3-2-4-17(18)25/h2-13,27H,1H3,(H,26,33)(H,28,30). The summed E-state index contributed by atoms with van der Waals surface area (Å²) < 4.78 is 32.4. The van der Waals surface area contributed by atoms with Crippen LogP contribution in [0.4, 0.5) is 34.3 Å². The van der Waals surface area contributed by atoms with Crippen LogP contribution in [0.5, 0.6) is 5.88 Å². The topological polar surface area (TPSA) is 209 Å². The molecule has 3 N–H and O–H groups in total. The highest BCUT2D eigenvalue weighted by Crippen LogP contribution is 2.39. The first kappa shape index (κ1) is 28.7. The summed E-state index contributed by atoms with van der Waals surface area (Å²) in [5.74, 6) is -0.781. The number of sulfonamides is 1. The number of nitrogens with zero attached hydrogens (tertiary/aromatic N) is 4. The van der Waals surface area contributed by atoms with Crippen LogP contribution < -0.4 is 20.1 Å². The van der Waals surface area contributed by atoms with Gasteiger partial charge in [-0.05, 0) is 42.5 Å². The molecule has 41 heavy (non-hydrogen) atoms. The number of carbonyl (C=O) groups is 1. The minimum absolute atomic E-state index is 0.0566. The number of carbonyl (C=O) groups excluding carboxylic acids is 1. The van der Waals surface area contributed by atoms with Crippen LogP contribution in [0.15, 0.2) is 77.7 Å². The van der Waals surface area contributed by atoms with Crippen molar-refractivity contribution in [1.29, 1.82) is 0 Å². The first-order valence-electron chi connectivity index (χ1n) is 11.3. The lowest BCUT2D eigenvalue weighted by Gasteiger charge is -2.12. The number of nitro benzene ring substituents is 2. The maximum Gasteiger partial charge on any atom is 0.300 e. The number of nitro groups is 2. The van der Waals surface area contributed by atoms with Crippen molar-refractivity contribution in [2.24, 2.45) is 0 Å². The van der Waals surface area contributed by atoms with Crippen LogP contribution in [0.1, 0.15) is 10.4 Å². The summed E-state index contributed by atoms with van der Waals surface area (Å²) in [5.41, 5.74) is -2.03. The molecule has 0 aliphatic rings. The third kappa shape index (κ3) is 6.63. The molecule has 0 saturated heterocycles.